The Balaban J connectivity index is 1.62. The van der Waals surface area contributed by atoms with Crippen LogP contribution >= 0.6 is 0 Å². The fourth-order valence-corrected chi connectivity index (χ4v) is 4.52. The van der Waals surface area contributed by atoms with E-state index in [2.05, 4.69) is 10.2 Å². The number of carbonyl (C=O) groups is 2. The number of nitrogens with one attached hydrogen (secondary N) is 1. The van der Waals surface area contributed by atoms with Gasteiger partial charge in [-0.25, -0.2) is 4.79 Å². The van der Waals surface area contributed by atoms with Crippen LogP contribution < -0.4 is 10.1 Å². The minimum absolute atomic E-state index is 0.0469. The summed E-state index contributed by atoms with van der Waals surface area (Å²) in [6.07, 6.45) is 5.54. The molecule has 12 nitrogen and oxygen atoms in total. The van der Waals surface area contributed by atoms with Crippen LogP contribution in [-0.4, -0.2) is 78.0 Å². The normalized spacial score (nSPS) is 20.8. The fraction of sp³-hybridized carbons (Fsp3) is 0.600. The lowest BCUT2D eigenvalue weighted by Crippen LogP contribution is -2.37. The van der Waals surface area contributed by atoms with Crippen LogP contribution in [0.4, 0.5) is 13.6 Å². The number of amides is 1. The summed E-state index contributed by atoms with van der Waals surface area (Å²) in [6.45, 7) is 0.724. The minimum Gasteiger partial charge on any atom is -0.487 e. The molecule has 3 N–H and O–H groups in total. The summed E-state index contributed by atoms with van der Waals surface area (Å²) in [5, 5.41) is 32.4. The Morgan fingerprint density at radius 2 is 1.84 bits per heavy atom. The molecule has 2 rings (SSSR count). The molecule has 44 heavy (non-hydrogen) atoms. The Morgan fingerprint density at radius 1 is 1.11 bits per heavy atom. The van der Waals surface area contributed by atoms with Crippen LogP contribution in [-0.2, 0) is 19.1 Å². The van der Waals surface area contributed by atoms with Crippen molar-refractivity contribution in [2.24, 2.45) is 11.8 Å². The number of alkyl halides is 2. The molecule has 0 saturated heterocycles. The number of nitrogens with zero attached hydrogens (tertiary/aromatic N) is 1. The number of esters is 1. The number of aliphatic hydroxyl groups excluding tert-OH is 2. The first-order valence-electron chi connectivity index (χ1n) is 14.6. The smallest absolute Gasteiger partial charge is 0.407 e. The molecular formula is C30H42F2N2O10. The molecule has 1 aliphatic carbocycles. The third-order valence-electron chi connectivity index (χ3n) is 6.81. The number of hydrogen-bond acceptors (Lipinski definition) is 10. The SMILES string of the molecule is C[C@@H](COC(=O)CCCC=CC[C@@H]1[C@@H](C=CC(F)(F)COc2ccccc2)[C@H](O)C[C@@H]1O)NC(=O)OCCCCO[N+](=O)[O-]. The Morgan fingerprint density at radius 3 is 2.57 bits per heavy atom. The summed E-state index contributed by atoms with van der Waals surface area (Å²) in [4.78, 5) is 37.9. The number of carbonyl (C=O) groups excluding carboxylic acids is 2. The van der Waals surface area contributed by atoms with Gasteiger partial charge in [-0.1, -0.05) is 36.4 Å². The van der Waals surface area contributed by atoms with Gasteiger partial charge < -0.3 is 34.6 Å². The van der Waals surface area contributed by atoms with Crippen molar-refractivity contribution >= 4 is 12.1 Å². The molecule has 0 unspecified atom stereocenters. The van der Waals surface area contributed by atoms with Crippen molar-refractivity contribution in [1.82, 2.24) is 5.32 Å². The van der Waals surface area contributed by atoms with Crippen LogP contribution in [0.15, 0.2) is 54.6 Å². The van der Waals surface area contributed by atoms with Gasteiger partial charge in [0.1, 0.15) is 12.4 Å². The molecule has 1 aromatic carbocycles. The maximum Gasteiger partial charge on any atom is 0.407 e. The van der Waals surface area contributed by atoms with E-state index in [4.69, 9.17) is 14.2 Å². The van der Waals surface area contributed by atoms with Gasteiger partial charge in [0.25, 0.3) is 11.0 Å². The van der Waals surface area contributed by atoms with Gasteiger partial charge in [-0.2, -0.15) is 8.78 Å². The minimum atomic E-state index is -3.26. The highest BCUT2D eigenvalue weighted by Gasteiger charge is 2.40. The second-order valence-electron chi connectivity index (χ2n) is 10.6. The first-order chi connectivity index (χ1) is 21.0. The number of halogens is 2. The van der Waals surface area contributed by atoms with Crippen molar-refractivity contribution in [1.29, 1.82) is 0 Å². The van der Waals surface area contributed by atoms with E-state index in [0.717, 1.165) is 6.08 Å². The summed E-state index contributed by atoms with van der Waals surface area (Å²) in [7, 11) is 0. The van der Waals surface area contributed by atoms with Gasteiger partial charge in [-0.05, 0) is 63.2 Å². The van der Waals surface area contributed by atoms with Gasteiger partial charge in [0, 0.05) is 18.8 Å². The maximum atomic E-state index is 14.4. The number of aliphatic hydroxyl groups is 2. The zero-order valence-corrected chi connectivity index (χ0v) is 24.7. The van der Waals surface area contributed by atoms with E-state index in [-0.39, 0.29) is 32.7 Å². The van der Waals surface area contributed by atoms with Crippen LogP contribution in [0.1, 0.15) is 51.9 Å². The molecule has 14 heteroatoms. The molecule has 246 valence electrons. The molecule has 1 saturated carbocycles. The summed E-state index contributed by atoms with van der Waals surface area (Å²) < 4.78 is 44.0. The van der Waals surface area contributed by atoms with Crippen LogP contribution in [0.5, 0.6) is 5.75 Å². The van der Waals surface area contributed by atoms with Crippen molar-refractivity contribution < 1.29 is 52.7 Å². The van der Waals surface area contributed by atoms with E-state index in [9.17, 15) is 38.7 Å². The standard InChI is InChI=1S/C30H42F2N2O10/c1-22(33-29(38)41-17-9-10-18-44-34(39)40)20-42-28(37)14-8-3-2-7-13-24-25(27(36)19-26(24)35)15-16-30(31,32)21-43-23-11-5-4-6-12-23/h2,4-7,11-12,15-16,22,24-27,35-36H,3,8-10,13-14,17-21H2,1H3,(H,33,38)/t22-,24+,25+,26-,27+/m0/s1. The van der Waals surface area contributed by atoms with E-state index in [1.807, 2.05) is 12.2 Å². The van der Waals surface area contributed by atoms with Crippen LogP contribution in [0.25, 0.3) is 0 Å². The van der Waals surface area contributed by atoms with Crippen molar-refractivity contribution in [3.63, 3.8) is 0 Å². The Hall–Kier alpha value is -3.78. The van der Waals surface area contributed by atoms with Crippen molar-refractivity contribution in [3.8, 4) is 5.75 Å². The van der Waals surface area contributed by atoms with Gasteiger partial charge in [0.2, 0.25) is 0 Å². The first-order valence-corrected chi connectivity index (χ1v) is 14.6. The lowest BCUT2D eigenvalue weighted by atomic mass is 9.89. The largest absolute Gasteiger partial charge is 0.487 e. The summed E-state index contributed by atoms with van der Waals surface area (Å²) >= 11 is 0. The lowest BCUT2D eigenvalue weighted by Gasteiger charge is -2.20. The van der Waals surface area contributed by atoms with Crippen molar-refractivity contribution in [3.05, 3.63) is 64.8 Å². The van der Waals surface area contributed by atoms with Gasteiger partial charge in [-0.3, -0.25) is 4.79 Å². The zero-order chi connectivity index (χ0) is 32.4. The third kappa shape index (κ3) is 15.1. The van der Waals surface area contributed by atoms with Gasteiger partial charge in [0.15, 0.2) is 6.61 Å². The highest BCUT2D eigenvalue weighted by atomic mass is 19.3. The second kappa shape index (κ2) is 19.5. The molecular weight excluding hydrogens is 586 g/mol. The molecule has 0 aromatic heterocycles. The van der Waals surface area contributed by atoms with Crippen molar-refractivity contribution in [2.45, 2.75) is 76.0 Å². The molecule has 0 heterocycles. The number of alkyl carbamates (subject to hydrolysis) is 1. The average molecular weight is 629 g/mol. The molecule has 1 aromatic rings. The van der Waals surface area contributed by atoms with E-state index >= 15 is 0 Å². The number of benzene rings is 1. The number of unbranched alkanes of at least 4 members (excludes halogenated alkanes) is 2. The summed E-state index contributed by atoms with van der Waals surface area (Å²) in [5.74, 6) is -4.45. The average Bonchev–Trinajstić information content (AvgIpc) is 3.25. The maximum absolute atomic E-state index is 14.4. The fourth-order valence-electron chi connectivity index (χ4n) is 4.52. The Bertz CT molecular complexity index is 1070. The van der Waals surface area contributed by atoms with Crippen LogP contribution in [0.3, 0.4) is 0 Å². The van der Waals surface area contributed by atoms with E-state index < -0.39 is 59.8 Å². The predicted octanol–water partition coefficient (Wildman–Crippen LogP) is 4.38. The topological polar surface area (TPSA) is 167 Å². The number of para-hydroxylation sites is 1. The second-order valence-corrected chi connectivity index (χ2v) is 10.6. The highest BCUT2D eigenvalue weighted by Crippen LogP contribution is 2.37. The van der Waals surface area contributed by atoms with E-state index in [1.54, 1.807) is 37.3 Å². The highest BCUT2D eigenvalue weighted by molar-refractivity contribution is 5.69. The molecule has 5 atom stereocenters. The molecule has 1 amide bonds. The quantitative estimate of drug-likeness (QED) is 0.0620. The van der Waals surface area contributed by atoms with Gasteiger partial charge in [0.05, 0.1) is 31.5 Å². The number of allylic oxidation sites excluding steroid dienone is 2. The van der Waals surface area contributed by atoms with Crippen molar-refractivity contribution in [2.75, 3.05) is 26.4 Å². The Labute approximate surface area is 255 Å². The van der Waals surface area contributed by atoms with Crippen LogP contribution in [0, 0.1) is 22.0 Å². The van der Waals surface area contributed by atoms with E-state index in [1.165, 1.54) is 6.08 Å². The summed E-state index contributed by atoms with van der Waals surface area (Å²) in [6, 6.07) is 7.79. The number of rotatable bonds is 20. The van der Waals surface area contributed by atoms with E-state index in [0.29, 0.717) is 37.9 Å². The lowest BCUT2D eigenvalue weighted by molar-refractivity contribution is -0.757. The molecule has 0 spiro atoms. The predicted molar refractivity (Wildman–Crippen MR) is 154 cm³/mol. The number of hydrogen-bond donors (Lipinski definition) is 3. The third-order valence-corrected chi connectivity index (χ3v) is 6.81. The first kappa shape index (κ1) is 36.4. The summed E-state index contributed by atoms with van der Waals surface area (Å²) in [5.41, 5.74) is 0. The van der Waals surface area contributed by atoms with Gasteiger partial charge >= 0.3 is 12.1 Å². The van der Waals surface area contributed by atoms with Crippen LogP contribution in [0.2, 0.25) is 0 Å². The molecule has 1 aliphatic rings. The molecule has 0 bridgehead atoms. The molecule has 0 radical (unpaired) electrons. The molecule has 1 fully saturated rings. The monoisotopic (exact) mass is 628 g/mol. The number of ether oxygens (including phenoxy) is 3. The Kier molecular flexibility index (Phi) is 16.1. The molecule has 0 aliphatic heterocycles. The van der Waals surface area contributed by atoms with Gasteiger partial charge in [-0.15, -0.1) is 10.1 Å². The zero-order valence-electron chi connectivity index (χ0n) is 24.7.